The first-order valence-electron chi connectivity index (χ1n) is 8.56. The van der Waals surface area contributed by atoms with Gasteiger partial charge in [0.15, 0.2) is 0 Å². The van der Waals surface area contributed by atoms with Gasteiger partial charge < -0.3 is 20.7 Å². The van der Waals surface area contributed by atoms with Crippen LogP contribution in [0.5, 0.6) is 0 Å². The minimum atomic E-state index is -0.260. The van der Waals surface area contributed by atoms with E-state index in [1.165, 1.54) is 12.1 Å². The van der Waals surface area contributed by atoms with Crippen molar-refractivity contribution < 1.29 is 14.3 Å². The lowest BCUT2D eigenvalue weighted by Gasteiger charge is -2.27. The second-order valence-electron chi connectivity index (χ2n) is 6.55. The van der Waals surface area contributed by atoms with Crippen LogP contribution >= 0.6 is 0 Å². The summed E-state index contributed by atoms with van der Waals surface area (Å²) in [5.74, 6) is 0.127. The van der Waals surface area contributed by atoms with Gasteiger partial charge in [-0.3, -0.25) is 0 Å². The van der Waals surface area contributed by atoms with E-state index in [4.69, 9.17) is 5.11 Å². The van der Waals surface area contributed by atoms with E-state index in [1.807, 2.05) is 6.20 Å². The fraction of sp³-hybridized carbons (Fsp3) is 0.500. The van der Waals surface area contributed by atoms with Crippen molar-refractivity contribution in [1.82, 2.24) is 15.6 Å². The van der Waals surface area contributed by atoms with Crippen LogP contribution in [0.25, 0.3) is 10.9 Å². The molecule has 0 spiro atoms. The Labute approximate surface area is 140 Å². The van der Waals surface area contributed by atoms with E-state index >= 15 is 0 Å². The Morgan fingerprint density at radius 3 is 2.83 bits per heavy atom. The summed E-state index contributed by atoms with van der Waals surface area (Å²) in [5, 5.41) is 16.0. The molecule has 0 atom stereocenters. The summed E-state index contributed by atoms with van der Waals surface area (Å²) in [5.41, 5.74) is 1.84. The van der Waals surface area contributed by atoms with Crippen molar-refractivity contribution >= 4 is 16.9 Å². The zero-order chi connectivity index (χ0) is 16.9. The highest BCUT2D eigenvalue weighted by Crippen LogP contribution is 2.23. The number of aromatic amines is 1. The van der Waals surface area contributed by atoms with Crippen LogP contribution in [-0.2, 0) is 6.42 Å². The monoisotopic (exact) mass is 333 g/mol. The van der Waals surface area contributed by atoms with Crippen LogP contribution in [-0.4, -0.2) is 35.3 Å². The third-order valence-electron chi connectivity index (χ3n) is 4.85. The molecule has 1 aromatic heterocycles. The van der Waals surface area contributed by atoms with Crippen molar-refractivity contribution in [3.63, 3.8) is 0 Å². The maximum absolute atomic E-state index is 13.2. The van der Waals surface area contributed by atoms with Gasteiger partial charge in [0.1, 0.15) is 5.82 Å². The molecule has 1 saturated carbocycles. The van der Waals surface area contributed by atoms with E-state index in [9.17, 15) is 9.18 Å². The summed E-state index contributed by atoms with van der Waals surface area (Å²) in [6, 6.07) is 4.73. The van der Waals surface area contributed by atoms with Gasteiger partial charge in [0.05, 0.1) is 0 Å². The zero-order valence-electron chi connectivity index (χ0n) is 13.6. The summed E-state index contributed by atoms with van der Waals surface area (Å²) >= 11 is 0. The smallest absolute Gasteiger partial charge is 0.315 e. The molecule has 1 fully saturated rings. The number of hydrogen-bond acceptors (Lipinski definition) is 2. The minimum absolute atomic E-state index is 0.145. The quantitative estimate of drug-likeness (QED) is 0.679. The predicted octanol–water partition coefficient (Wildman–Crippen LogP) is 2.70. The predicted molar refractivity (Wildman–Crippen MR) is 91.3 cm³/mol. The molecular formula is C18H24FN3O2. The van der Waals surface area contributed by atoms with Crippen LogP contribution in [0.3, 0.4) is 0 Å². The third-order valence-corrected chi connectivity index (χ3v) is 4.85. The number of urea groups is 1. The summed E-state index contributed by atoms with van der Waals surface area (Å²) in [7, 11) is 0. The van der Waals surface area contributed by atoms with Crippen LogP contribution in [0.4, 0.5) is 9.18 Å². The summed E-state index contributed by atoms with van der Waals surface area (Å²) in [6.07, 6.45) is 6.33. The molecule has 1 aromatic carbocycles. The van der Waals surface area contributed by atoms with Crippen LogP contribution < -0.4 is 10.6 Å². The number of carbonyl (C=O) groups is 1. The largest absolute Gasteiger partial charge is 0.396 e. The van der Waals surface area contributed by atoms with E-state index < -0.39 is 0 Å². The molecule has 0 radical (unpaired) electrons. The summed E-state index contributed by atoms with van der Waals surface area (Å²) in [4.78, 5) is 15.0. The van der Waals surface area contributed by atoms with Crippen LogP contribution in [0.2, 0.25) is 0 Å². The standard InChI is InChI=1S/C18H24FN3O2/c19-14-3-6-16-13(10-21-17(16)9-14)7-8-20-18(24)22-15-4-1-12(11-23)2-5-15/h3,6,9-10,12,15,21,23H,1-2,4-5,7-8,11H2,(H2,20,22,24). The van der Waals surface area contributed by atoms with Gasteiger partial charge in [-0.05, 0) is 61.8 Å². The van der Waals surface area contributed by atoms with Crippen molar-refractivity contribution in [2.45, 2.75) is 38.1 Å². The number of nitrogens with one attached hydrogen (secondary N) is 3. The van der Waals surface area contributed by atoms with Crippen molar-refractivity contribution in [3.8, 4) is 0 Å². The zero-order valence-corrected chi connectivity index (χ0v) is 13.6. The van der Waals surface area contributed by atoms with E-state index in [1.54, 1.807) is 6.07 Å². The molecule has 2 amide bonds. The van der Waals surface area contributed by atoms with Gasteiger partial charge in [0.25, 0.3) is 0 Å². The highest BCUT2D eigenvalue weighted by atomic mass is 19.1. The fourth-order valence-corrected chi connectivity index (χ4v) is 3.40. The van der Waals surface area contributed by atoms with E-state index in [0.29, 0.717) is 18.9 Å². The number of aliphatic hydroxyl groups excluding tert-OH is 1. The number of rotatable bonds is 5. The molecule has 1 aliphatic rings. The Balaban J connectivity index is 1.43. The van der Waals surface area contributed by atoms with E-state index in [-0.39, 0.29) is 24.5 Å². The Morgan fingerprint density at radius 1 is 1.29 bits per heavy atom. The molecule has 130 valence electrons. The number of amides is 2. The normalized spacial score (nSPS) is 20.9. The number of benzene rings is 1. The van der Waals surface area contributed by atoms with Crippen molar-refractivity contribution in [3.05, 3.63) is 35.8 Å². The molecule has 1 aliphatic carbocycles. The molecule has 4 N–H and O–H groups in total. The molecule has 0 aliphatic heterocycles. The van der Waals surface area contributed by atoms with Gasteiger partial charge >= 0.3 is 6.03 Å². The minimum Gasteiger partial charge on any atom is -0.396 e. The number of aromatic nitrogens is 1. The lowest BCUT2D eigenvalue weighted by molar-refractivity contribution is 0.174. The number of halogens is 1. The van der Waals surface area contributed by atoms with Crippen molar-refractivity contribution in [2.75, 3.05) is 13.2 Å². The molecule has 6 heteroatoms. The van der Waals surface area contributed by atoms with Crippen molar-refractivity contribution in [1.29, 1.82) is 0 Å². The second kappa shape index (κ2) is 7.66. The van der Waals surface area contributed by atoms with Gasteiger partial charge in [0, 0.05) is 36.3 Å². The maximum atomic E-state index is 13.2. The number of fused-ring (bicyclic) bond motifs is 1. The number of aliphatic hydroxyl groups is 1. The SMILES string of the molecule is O=C(NCCc1c[nH]c2cc(F)ccc12)NC1CCC(CO)CC1. The summed E-state index contributed by atoms with van der Waals surface area (Å²) < 4.78 is 13.2. The maximum Gasteiger partial charge on any atom is 0.315 e. The molecule has 24 heavy (non-hydrogen) atoms. The average molecular weight is 333 g/mol. The molecule has 2 aromatic rings. The molecule has 0 bridgehead atoms. The van der Waals surface area contributed by atoms with Crippen LogP contribution in [0.1, 0.15) is 31.2 Å². The Morgan fingerprint density at radius 2 is 2.08 bits per heavy atom. The Hall–Kier alpha value is -2.08. The lowest BCUT2D eigenvalue weighted by Crippen LogP contribution is -2.44. The molecule has 1 heterocycles. The highest BCUT2D eigenvalue weighted by molar-refractivity contribution is 5.83. The molecule has 3 rings (SSSR count). The number of hydrogen-bond donors (Lipinski definition) is 4. The first kappa shape index (κ1) is 16.8. The van der Waals surface area contributed by atoms with E-state index in [0.717, 1.165) is 42.1 Å². The van der Waals surface area contributed by atoms with Gasteiger partial charge in [-0.15, -0.1) is 0 Å². The molecule has 5 nitrogen and oxygen atoms in total. The van der Waals surface area contributed by atoms with E-state index in [2.05, 4.69) is 15.6 Å². The Bertz CT molecular complexity index is 693. The van der Waals surface area contributed by atoms with Crippen LogP contribution in [0, 0.1) is 11.7 Å². The van der Waals surface area contributed by atoms with Gasteiger partial charge in [-0.2, -0.15) is 0 Å². The second-order valence-corrected chi connectivity index (χ2v) is 6.55. The fourth-order valence-electron chi connectivity index (χ4n) is 3.40. The Kier molecular flexibility index (Phi) is 5.35. The summed E-state index contributed by atoms with van der Waals surface area (Å²) in [6.45, 7) is 0.773. The van der Waals surface area contributed by atoms with Crippen molar-refractivity contribution in [2.24, 2.45) is 5.92 Å². The van der Waals surface area contributed by atoms with Crippen LogP contribution in [0.15, 0.2) is 24.4 Å². The molecule has 0 unspecified atom stereocenters. The van der Waals surface area contributed by atoms with Gasteiger partial charge in [-0.1, -0.05) is 0 Å². The number of carbonyl (C=O) groups excluding carboxylic acids is 1. The first-order valence-corrected chi connectivity index (χ1v) is 8.56. The number of H-pyrrole nitrogens is 1. The molecule has 0 saturated heterocycles. The first-order chi connectivity index (χ1) is 11.7. The van der Waals surface area contributed by atoms with Gasteiger partial charge in [0.2, 0.25) is 0 Å². The topological polar surface area (TPSA) is 77.2 Å². The molecular weight excluding hydrogens is 309 g/mol. The van der Waals surface area contributed by atoms with Gasteiger partial charge in [-0.25, -0.2) is 9.18 Å². The highest BCUT2D eigenvalue weighted by Gasteiger charge is 2.21. The average Bonchev–Trinajstić information content (AvgIpc) is 2.97. The lowest BCUT2D eigenvalue weighted by atomic mass is 9.87. The third kappa shape index (κ3) is 4.06.